The number of hydrogen-bond donors (Lipinski definition) is 1. The van der Waals surface area contributed by atoms with E-state index in [9.17, 15) is 4.21 Å². The maximum Gasteiger partial charge on any atom is 0.159 e. The monoisotopic (exact) mass is 160 g/mol. The Bertz CT molecular complexity index is 246. The lowest BCUT2D eigenvalue weighted by molar-refractivity contribution is 0.562. The summed E-state index contributed by atoms with van der Waals surface area (Å²) >= 11 is -1.78. The Morgan fingerprint density at radius 1 is 1.90 bits per heavy atom. The van der Waals surface area contributed by atoms with Gasteiger partial charge in [0.05, 0.1) is 11.4 Å². The molecule has 0 bridgehead atoms. The topological polar surface area (TPSA) is 55.1 Å². The van der Waals surface area contributed by atoms with E-state index in [1.54, 1.807) is 24.0 Å². The number of nitrogens with zero attached hydrogens (tertiary/aromatic N) is 2. The second-order valence-corrected chi connectivity index (χ2v) is 2.88. The van der Waals surface area contributed by atoms with E-state index in [1.165, 1.54) is 0 Å². The molecule has 5 heteroatoms. The summed E-state index contributed by atoms with van der Waals surface area (Å²) in [4.78, 5) is 0. The Labute approximate surface area is 61.1 Å². The summed E-state index contributed by atoms with van der Waals surface area (Å²) < 4.78 is 20.3. The van der Waals surface area contributed by atoms with Gasteiger partial charge < -0.3 is 4.55 Å². The van der Waals surface area contributed by atoms with Crippen molar-refractivity contribution >= 4 is 11.1 Å². The number of hydrogen-bond acceptors (Lipinski definition) is 2. The van der Waals surface area contributed by atoms with E-state index in [2.05, 4.69) is 5.10 Å². The van der Waals surface area contributed by atoms with Crippen LogP contribution in [-0.2, 0) is 23.9 Å². The molecule has 0 aromatic carbocycles. The van der Waals surface area contributed by atoms with Crippen LogP contribution in [0.2, 0.25) is 0 Å². The van der Waals surface area contributed by atoms with Crippen molar-refractivity contribution in [1.29, 1.82) is 0 Å². The molecular formula is C5H8N2O2S. The molecule has 0 aliphatic heterocycles. The lowest BCUT2D eigenvalue weighted by Gasteiger charge is -1.87. The molecule has 0 spiro atoms. The molecule has 1 aromatic rings. The molecule has 4 nitrogen and oxygen atoms in total. The van der Waals surface area contributed by atoms with Gasteiger partial charge in [0.15, 0.2) is 11.1 Å². The van der Waals surface area contributed by atoms with Crippen LogP contribution in [0.5, 0.6) is 0 Å². The molecule has 1 N–H and O–H groups in total. The maximum absolute atomic E-state index is 10.2. The summed E-state index contributed by atoms with van der Waals surface area (Å²) in [7, 11) is 1.77. The highest BCUT2D eigenvalue weighted by molar-refractivity contribution is 7.78. The van der Waals surface area contributed by atoms with Gasteiger partial charge in [0.25, 0.3) is 0 Å². The van der Waals surface area contributed by atoms with Crippen LogP contribution in [0.1, 0.15) is 5.69 Å². The summed E-state index contributed by atoms with van der Waals surface area (Å²) in [6.45, 7) is 0. The molecular weight excluding hydrogens is 152 g/mol. The lowest BCUT2D eigenvalue weighted by Crippen LogP contribution is -1.95. The predicted octanol–water partition coefficient (Wildman–Crippen LogP) is 0.142. The van der Waals surface area contributed by atoms with Gasteiger partial charge in [-0.3, -0.25) is 4.68 Å². The highest BCUT2D eigenvalue weighted by atomic mass is 32.2. The first-order valence-corrected chi connectivity index (χ1v) is 4.02. The van der Waals surface area contributed by atoms with Gasteiger partial charge in [0.1, 0.15) is 0 Å². The Morgan fingerprint density at radius 3 is 3.00 bits per heavy atom. The lowest BCUT2D eigenvalue weighted by atomic mass is 10.5. The molecule has 1 rings (SSSR count). The van der Waals surface area contributed by atoms with Crippen molar-refractivity contribution in [1.82, 2.24) is 9.78 Å². The number of rotatable bonds is 2. The Hall–Kier alpha value is -0.680. The molecule has 0 aliphatic carbocycles. The zero-order valence-corrected chi connectivity index (χ0v) is 6.34. The summed E-state index contributed by atoms with van der Waals surface area (Å²) in [6, 6.07) is 1.72. The minimum atomic E-state index is -1.78. The van der Waals surface area contributed by atoms with Crippen LogP contribution in [-0.4, -0.2) is 18.5 Å². The van der Waals surface area contributed by atoms with Gasteiger partial charge in [-0.2, -0.15) is 5.10 Å². The molecule has 0 saturated heterocycles. The average Bonchev–Trinajstić information content (AvgIpc) is 2.13. The van der Waals surface area contributed by atoms with E-state index >= 15 is 0 Å². The highest BCUT2D eigenvalue weighted by Crippen LogP contribution is 1.96. The standard InChI is InChI=1S/C5H8N2O2S/c1-7-3-2-5(6-7)4-10(8)9/h2-3H,4H2,1H3,(H,8,9). The molecule has 56 valence electrons. The van der Waals surface area contributed by atoms with E-state index in [1.807, 2.05) is 0 Å². The van der Waals surface area contributed by atoms with Crippen LogP contribution in [0.3, 0.4) is 0 Å². The van der Waals surface area contributed by atoms with Crippen molar-refractivity contribution < 1.29 is 8.76 Å². The van der Waals surface area contributed by atoms with Gasteiger partial charge in [-0.15, -0.1) is 0 Å². The molecule has 0 radical (unpaired) electrons. The second kappa shape index (κ2) is 2.94. The van der Waals surface area contributed by atoms with Crippen molar-refractivity contribution in [3.63, 3.8) is 0 Å². The summed E-state index contributed by atoms with van der Waals surface area (Å²) in [5.41, 5.74) is 0.642. The smallest absolute Gasteiger partial charge is 0.159 e. The van der Waals surface area contributed by atoms with Crippen LogP contribution in [0.4, 0.5) is 0 Å². The van der Waals surface area contributed by atoms with Crippen LogP contribution in [0.15, 0.2) is 12.3 Å². The van der Waals surface area contributed by atoms with Crippen molar-refractivity contribution in [2.75, 3.05) is 0 Å². The minimum Gasteiger partial charge on any atom is -0.306 e. The number of aromatic nitrogens is 2. The van der Waals surface area contributed by atoms with Gasteiger partial charge in [-0.1, -0.05) is 0 Å². The van der Waals surface area contributed by atoms with Crippen LogP contribution < -0.4 is 0 Å². The maximum atomic E-state index is 10.2. The van der Waals surface area contributed by atoms with Crippen LogP contribution in [0, 0.1) is 0 Å². The minimum absolute atomic E-state index is 0.112. The summed E-state index contributed by atoms with van der Waals surface area (Å²) in [5.74, 6) is 0.112. The van der Waals surface area contributed by atoms with E-state index in [0.717, 1.165) is 0 Å². The quantitative estimate of drug-likeness (QED) is 0.626. The van der Waals surface area contributed by atoms with E-state index in [4.69, 9.17) is 4.55 Å². The Morgan fingerprint density at radius 2 is 2.60 bits per heavy atom. The second-order valence-electron chi connectivity index (χ2n) is 1.95. The van der Waals surface area contributed by atoms with Crippen molar-refractivity contribution in [3.8, 4) is 0 Å². The third-order valence-corrected chi connectivity index (χ3v) is 1.58. The van der Waals surface area contributed by atoms with Gasteiger partial charge in [-0.05, 0) is 6.07 Å². The third kappa shape index (κ3) is 1.93. The van der Waals surface area contributed by atoms with Gasteiger partial charge >= 0.3 is 0 Å². The van der Waals surface area contributed by atoms with Crippen molar-refractivity contribution in [2.24, 2.45) is 7.05 Å². The van der Waals surface area contributed by atoms with E-state index in [0.29, 0.717) is 5.69 Å². The third-order valence-electron chi connectivity index (χ3n) is 1.04. The average molecular weight is 160 g/mol. The van der Waals surface area contributed by atoms with Crippen LogP contribution >= 0.6 is 0 Å². The fourth-order valence-corrected chi connectivity index (χ4v) is 1.07. The Balaban J connectivity index is 2.67. The van der Waals surface area contributed by atoms with Crippen molar-refractivity contribution in [2.45, 2.75) is 5.75 Å². The summed E-state index contributed by atoms with van der Waals surface area (Å²) in [6.07, 6.45) is 1.74. The number of aryl methyl sites for hydroxylation is 1. The SMILES string of the molecule is Cn1ccc(CS(=O)O)n1. The molecule has 1 unspecified atom stereocenters. The molecule has 0 amide bonds. The molecule has 0 aliphatic rings. The van der Waals surface area contributed by atoms with E-state index < -0.39 is 11.1 Å². The molecule has 10 heavy (non-hydrogen) atoms. The molecule has 0 saturated carbocycles. The van der Waals surface area contributed by atoms with Crippen molar-refractivity contribution in [3.05, 3.63) is 18.0 Å². The fraction of sp³-hybridized carbons (Fsp3) is 0.400. The molecule has 0 fully saturated rings. The van der Waals surface area contributed by atoms with E-state index in [-0.39, 0.29) is 5.75 Å². The molecule has 1 aromatic heterocycles. The van der Waals surface area contributed by atoms with Crippen LogP contribution in [0.25, 0.3) is 0 Å². The molecule has 1 heterocycles. The fourth-order valence-electron chi connectivity index (χ4n) is 0.667. The predicted molar refractivity (Wildman–Crippen MR) is 37.7 cm³/mol. The first kappa shape index (κ1) is 7.43. The zero-order valence-electron chi connectivity index (χ0n) is 5.52. The largest absolute Gasteiger partial charge is 0.306 e. The molecule has 1 atom stereocenters. The first-order valence-electron chi connectivity index (χ1n) is 2.74. The van der Waals surface area contributed by atoms with Gasteiger partial charge in [-0.25, -0.2) is 4.21 Å². The highest BCUT2D eigenvalue weighted by Gasteiger charge is 1.99. The zero-order chi connectivity index (χ0) is 7.56. The summed E-state index contributed by atoms with van der Waals surface area (Å²) in [5, 5.41) is 3.91. The Kier molecular flexibility index (Phi) is 2.18. The van der Waals surface area contributed by atoms with Gasteiger partial charge in [0.2, 0.25) is 0 Å². The van der Waals surface area contributed by atoms with Gasteiger partial charge in [0, 0.05) is 13.2 Å². The normalized spacial score (nSPS) is 13.4. The first-order chi connectivity index (χ1) is 4.68.